The van der Waals surface area contributed by atoms with Crippen LogP contribution in [0.2, 0.25) is 0 Å². The summed E-state index contributed by atoms with van der Waals surface area (Å²) in [6.45, 7) is 2.67. The van der Waals surface area contributed by atoms with E-state index in [-0.39, 0.29) is 6.61 Å². The average molecular weight is 396 g/mol. The van der Waals surface area contributed by atoms with Gasteiger partial charge in [-0.05, 0) is 32.6 Å². The van der Waals surface area contributed by atoms with Crippen LogP contribution in [-0.2, 0) is 6.61 Å². The number of anilines is 3. The number of fused-ring (bicyclic) bond motifs is 2. The maximum atomic E-state index is 9.67. The number of rotatable bonds is 7. The molecule has 2 fully saturated rings. The van der Waals surface area contributed by atoms with E-state index >= 15 is 0 Å². The molecule has 0 amide bonds. The molecule has 2 aliphatic rings. The number of nitrogens with one attached hydrogen (secondary N) is 2. The van der Waals surface area contributed by atoms with E-state index in [2.05, 4.69) is 41.4 Å². The molecule has 3 atom stereocenters. The molecule has 1 unspecified atom stereocenters. The molecule has 2 saturated heterocycles. The molecule has 2 aromatic heterocycles. The zero-order chi connectivity index (χ0) is 20.4. The van der Waals surface area contributed by atoms with Crippen molar-refractivity contribution in [1.29, 1.82) is 5.26 Å². The number of piperidine rings is 1. The Morgan fingerprint density at radius 3 is 2.66 bits per heavy atom. The van der Waals surface area contributed by atoms with Crippen LogP contribution in [0.25, 0.3) is 0 Å². The van der Waals surface area contributed by atoms with Gasteiger partial charge in [-0.3, -0.25) is 10.00 Å². The van der Waals surface area contributed by atoms with Gasteiger partial charge in [-0.25, -0.2) is 4.98 Å². The predicted molar refractivity (Wildman–Crippen MR) is 110 cm³/mol. The molecule has 2 aliphatic heterocycles. The first kappa shape index (κ1) is 19.6. The summed E-state index contributed by atoms with van der Waals surface area (Å²) >= 11 is 0. The van der Waals surface area contributed by atoms with Crippen molar-refractivity contribution < 1.29 is 5.11 Å². The van der Waals surface area contributed by atoms with Gasteiger partial charge in [0.2, 0.25) is 5.95 Å². The van der Waals surface area contributed by atoms with Gasteiger partial charge in [0.05, 0.1) is 18.4 Å². The third-order valence-electron chi connectivity index (χ3n) is 6.10. The van der Waals surface area contributed by atoms with Gasteiger partial charge >= 0.3 is 0 Å². The highest BCUT2D eigenvalue weighted by Gasteiger charge is 2.41. The molecular formula is C20H28N8O. The minimum Gasteiger partial charge on any atom is -0.390 e. The standard InChI is InChI=1S/C20H28N8O/c1-13-8-19(26-25-13)23-18-9-14(12-29)22-20(24-18)27(2)17-10-15-4-5-16(11-17)28(15)7-3-6-21/h8-9,15-17,29H,3-5,7,10-12H2,1-2H3,(H2,22,23,24,25,26)/t15-,16+,17?. The molecule has 29 heavy (non-hydrogen) atoms. The summed E-state index contributed by atoms with van der Waals surface area (Å²) in [5.74, 6) is 1.91. The van der Waals surface area contributed by atoms with Crippen molar-refractivity contribution in [2.45, 2.75) is 63.8 Å². The van der Waals surface area contributed by atoms with Crippen molar-refractivity contribution in [3.63, 3.8) is 0 Å². The van der Waals surface area contributed by atoms with Crippen molar-refractivity contribution in [1.82, 2.24) is 25.1 Å². The minimum absolute atomic E-state index is 0.143. The number of aliphatic hydroxyl groups excluding tert-OH is 1. The molecule has 9 nitrogen and oxygen atoms in total. The number of hydrogen-bond acceptors (Lipinski definition) is 8. The van der Waals surface area contributed by atoms with Gasteiger partial charge in [-0.15, -0.1) is 0 Å². The minimum atomic E-state index is -0.143. The summed E-state index contributed by atoms with van der Waals surface area (Å²) in [6.07, 6.45) is 5.09. The van der Waals surface area contributed by atoms with E-state index < -0.39 is 0 Å². The second-order valence-corrected chi connectivity index (χ2v) is 8.03. The van der Waals surface area contributed by atoms with Crippen LogP contribution in [0.1, 0.15) is 43.5 Å². The SMILES string of the molecule is Cc1cc(Nc2cc(CO)nc(N(C)C3C[C@H]4CC[C@@H](C3)N4CCC#N)n2)n[nH]1. The molecule has 9 heteroatoms. The fourth-order valence-electron chi connectivity index (χ4n) is 4.67. The molecule has 0 spiro atoms. The van der Waals surface area contributed by atoms with E-state index in [0.29, 0.717) is 47.8 Å². The number of aromatic amines is 1. The molecule has 2 bridgehead atoms. The van der Waals surface area contributed by atoms with Gasteiger partial charge in [0, 0.05) is 56.0 Å². The van der Waals surface area contributed by atoms with E-state index in [4.69, 9.17) is 5.26 Å². The molecule has 0 radical (unpaired) electrons. The zero-order valence-corrected chi connectivity index (χ0v) is 17.0. The lowest BCUT2D eigenvalue weighted by Gasteiger charge is -2.42. The Labute approximate surface area is 170 Å². The largest absolute Gasteiger partial charge is 0.390 e. The van der Waals surface area contributed by atoms with E-state index in [0.717, 1.165) is 25.1 Å². The first-order valence-corrected chi connectivity index (χ1v) is 10.2. The average Bonchev–Trinajstić information content (AvgIpc) is 3.23. The molecule has 2 aromatic rings. The van der Waals surface area contributed by atoms with E-state index in [9.17, 15) is 5.11 Å². The van der Waals surface area contributed by atoms with E-state index in [1.54, 1.807) is 6.07 Å². The molecule has 0 aliphatic carbocycles. The highest BCUT2D eigenvalue weighted by molar-refractivity contribution is 5.54. The number of aromatic nitrogens is 4. The van der Waals surface area contributed by atoms with Crippen LogP contribution in [0.15, 0.2) is 12.1 Å². The maximum Gasteiger partial charge on any atom is 0.227 e. The van der Waals surface area contributed by atoms with Crippen molar-refractivity contribution in [2.24, 2.45) is 0 Å². The van der Waals surface area contributed by atoms with Crippen molar-refractivity contribution in [3.8, 4) is 6.07 Å². The summed E-state index contributed by atoms with van der Waals surface area (Å²) < 4.78 is 0. The number of hydrogen-bond donors (Lipinski definition) is 3. The Morgan fingerprint density at radius 1 is 1.28 bits per heavy atom. The lowest BCUT2D eigenvalue weighted by atomic mass is 9.96. The van der Waals surface area contributed by atoms with Crippen molar-refractivity contribution >= 4 is 17.6 Å². The number of aryl methyl sites for hydroxylation is 1. The third kappa shape index (κ3) is 4.18. The lowest BCUT2D eigenvalue weighted by molar-refractivity contribution is 0.129. The van der Waals surface area contributed by atoms with Crippen molar-refractivity contribution in [2.75, 3.05) is 23.8 Å². The summed E-state index contributed by atoms with van der Waals surface area (Å²) in [5, 5.41) is 28.9. The molecular weight excluding hydrogens is 368 g/mol. The van der Waals surface area contributed by atoms with E-state index in [1.807, 2.05) is 20.0 Å². The number of nitriles is 1. The Bertz CT molecular complexity index is 877. The number of H-pyrrole nitrogens is 1. The number of nitrogens with zero attached hydrogens (tertiary/aromatic N) is 6. The summed E-state index contributed by atoms with van der Waals surface area (Å²) in [6, 6.07) is 7.32. The predicted octanol–water partition coefficient (Wildman–Crippen LogP) is 2.09. The molecule has 0 aromatic carbocycles. The maximum absolute atomic E-state index is 9.67. The molecule has 3 N–H and O–H groups in total. The monoisotopic (exact) mass is 396 g/mol. The van der Waals surface area contributed by atoms with Gasteiger partial charge in [-0.1, -0.05) is 0 Å². The van der Waals surface area contributed by atoms with Crippen LogP contribution in [0.5, 0.6) is 0 Å². The summed E-state index contributed by atoms with van der Waals surface area (Å²) in [7, 11) is 2.04. The Kier molecular flexibility index (Phi) is 5.65. The van der Waals surface area contributed by atoms with Crippen LogP contribution < -0.4 is 10.2 Å². The van der Waals surface area contributed by atoms with Crippen LogP contribution >= 0.6 is 0 Å². The molecule has 4 rings (SSSR count). The van der Waals surface area contributed by atoms with Gasteiger partial charge in [-0.2, -0.15) is 15.3 Å². The smallest absolute Gasteiger partial charge is 0.227 e. The normalized spacial score (nSPS) is 23.7. The number of aliphatic hydroxyl groups is 1. The molecule has 154 valence electrons. The zero-order valence-electron chi connectivity index (χ0n) is 17.0. The Morgan fingerprint density at radius 2 is 2.03 bits per heavy atom. The van der Waals surface area contributed by atoms with Crippen LogP contribution in [-0.4, -0.2) is 61.9 Å². The molecule has 4 heterocycles. The van der Waals surface area contributed by atoms with Gasteiger partial charge in [0.15, 0.2) is 5.82 Å². The summed E-state index contributed by atoms with van der Waals surface area (Å²) in [5.41, 5.74) is 1.53. The lowest BCUT2D eigenvalue weighted by Crippen LogP contribution is -2.50. The van der Waals surface area contributed by atoms with Crippen LogP contribution in [0.4, 0.5) is 17.6 Å². The first-order valence-electron chi connectivity index (χ1n) is 10.2. The van der Waals surface area contributed by atoms with Crippen LogP contribution in [0.3, 0.4) is 0 Å². The van der Waals surface area contributed by atoms with Gasteiger partial charge in [0.25, 0.3) is 0 Å². The fourth-order valence-corrected chi connectivity index (χ4v) is 4.67. The highest BCUT2D eigenvalue weighted by atomic mass is 16.3. The van der Waals surface area contributed by atoms with E-state index in [1.165, 1.54) is 12.8 Å². The van der Waals surface area contributed by atoms with Gasteiger partial charge < -0.3 is 15.3 Å². The fraction of sp³-hybridized carbons (Fsp3) is 0.600. The van der Waals surface area contributed by atoms with Gasteiger partial charge in [0.1, 0.15) is 5.82 Å². The second kappa shape index (κ2) is 8.35. The Balaban J connectivity index is 1.50. The quantitative estimate of drug-likeness (QED) is 0.651. The third-order valence-corrected chi connectivity index (χ3v) is 6.10. The highest BCUT2D eigenvalue weighted by Crippen LogP contribution is 2.38. The molecule has 0 saturated carbocycles. The topological polar surface area (TPSA) is 117 Å². The Hall–Kier alpha value is -2.70. The van der Waals surface area contributed by atoms with Crippen LogP contribution in [0, 0.1) is 18.3 Å². The first-order chi connectivity index (χ1) is 14.1. The second-order valence-electron chi connectivity index (χ2n) is 8.03. The van der Waals surface area contributed by atoms with Crippen molar-refractivity contribution in [3.05, 3.63) is 23.5 Å². The summed E-state index contributed by atoms with van der Waals surface area (Å²) in [4.78, 5) is 13.9.